The molecule has 1 aromatic carbocycles. The van der Waals surface area contributed by atoms with Gasteiger partial charge in [0.1, 0.15) is 0 Å². The molecule has 7 nitrogen and oxygen atoms in total. The third-order valence-corrected chi connectivity index (χ3v) is 3.69. The van der Waals surface area contributed by atoms with Gasteiger partial charge < -0.3 is 15.7 Å². The second-order valence-electron chi connectivity index (χ2n) is 4.97. The second kappa shape index (κ2) is 7.05. The quantitative estimate of drug-likeness (QED) is 0.345. The number of nitrogens with one attached hydrogen (secondary N) is 2. The summed E-state index contributed by atoms with van der Waals surface area (Å²) in [7, 11) is 0. The Bertz CT molecular complexity index is 490. The van der Waals surface area contributed by atoms with Gasteiger partial charge in [0.25, 0.3) is 0 Å². The first-order chi connectivity index (χ1) is 10.2. The lowest BCUT2D eigenvalue weighted by atomic mass is 10.2. The fourth-order valence-corrected chi connectivity index (χ4v) is 2.54. The van der Waals surface area contributed by atoms with Gasteiger partial charge in [-0.3, -0.25) is 20.6 Å². The van der Waals surface area contributed by atoms with E-state index in [1.54, 1.807) is 6.07 Å². The van der Waals surface area contributed by atoms with E-state index in [-0.39, 0.29) is 6.61 Å². The van der Waals surface area contributed by atoms with Crippen LogP contribution in [-0.2, 0) is 0 Å². The summed E-state index contributed by atoms with van der Waals surface area (Å²) in [5.74, 6) is 0. The van der Waals surface area contributed by atoms with E-state index < -0.39 is 0 Å². The van der Waals surface area contributed by atoms with Crippen LogP contribution in [0.1, 0.15) is 0 Å². The van der Waals surface area contributed by atoms with Gasteiger partial charge in [-0.1, -0.05) is 0 Å². The highest BCUT2D eigenvalue weighted by molar-refractivity contribution is 6.01. The van der Waals surface area contributed by atoms with Crippen LogP contribution in [0.15, 0.2) is 18.2 Å². The van der Waals surface area contributed by atoms with Crippen molar-refractivity contribution in [1.29, 1.82) is 10.8 Å². The number of β-amino-alcohol motifs (C(OH)–C–C–N with tert-alkyl or cyclic N) is 1. The van der Waals surface area contributed by atoms with Gasteiger partial charge in [-0.2, -0.15) is 0 Å². The molecule has 114 valence electrons. The van der Waals surface area contributed by atoms with Crippen LogP contribution in [0.5, 0.6) is 0 Å². The van der Waals surface area contributed by atoms with Crippen LogP contribution in [-0.4, -0.2) is 62.0 Å². The number of nitrogen functional groups attached to an aromatic ring is 1. The SMILES string of the molecule is N=CN(C=N)c1cc(N)ccc1N1CCN(CCO)CC1. The Morgan fingerprint density at radius 2 is 1.86 bits per heavy atom. The maximum Gasteiger partial charge on any atom is 0.0915 e. The molecule has 21 heavy (non-hydrogen) atoms. The van der Waals surface area contributed by atoms with Crippen LogP contribution in [0.2, 0.25) is 0 Å². The number of piperazine rings is 1. The summed E-state index contributed by atoms with van der Waals surface area (Å²) < 4.78 is 0. The number of hydrogen-bond acceptors (Lipinski definition) is 6. The molecule has 0 radical (unpaired) electrons. The molecule has 1 aliphatic rings. The Balaban J connectivity index is 2.20. The fraction of sp³-hybridized carbons (Fsp3) is 0.429. The van der Waals surface area contributed by atoms with Crippen molar-refractivity contribution in [3.8, 4) is 0 Å². The molecule has 5 N–H and O–H groups in total. The van der Waals surface area contributed by atoms with Crippen molar-refractivity contribution in [1.82, 2.24) is 4.90 Å². The highest BCUT2D eigenvalue weighted by atomic mass is 16.3. The summed E-state index contributed by atoms with van der Waals surface area (Å²) in [5, 5.41) is 23.8. The van der Waals surface area contributed by atoms with Gasteiger partial charge in [-0.05, 0) is 18.2 Å². The molecule has 7 heteroatoms. The standard InChI is InChI=1S/C14H22N6O/c15-10-20(11-16)14-9-12(17)1-2-13(14)19-5-3-18(4-6-19)7-8-21/h1-2,9-11,15-16,21H,3-8,17H2. The summed E-state index contributed by atoms with van der Waals surface area (Å²) in [4.78, 5) is 5.88. The van der Waals surface area contributed by atoms with Gasteiger partial charge in [0.15, 0.2) is 0 Å². The van der Waals surface area contributed by atoms with E-state index in [4.69, 9.17) is 21.7 Å². The molecule has 0 bridgehead atoms. The zero-order valence-electron chi connectivity index (χ0n) is 12.0. The normalized spacial score (nSPS) is 15.8. The lowest BCUT2D eigenvalue weighted by Crippen LogP contribution is -2.47. The molecule has 0 atom stereocenters. The number of nitrogens with two attached hydrogens (primary N) is 1. The van der Waals surface area contributed by atoms with E-state index in [0.717, 1.165) is 50.2 Å². The van der Waals surface area contributed by atoms with E-state index in [2.05, 4.69) is 9.80 Å². The topological polar surface area (TPSA) is 104 Å². The molecular weight excluding hydrogens is 268 g/mol. The minimum absolute atomic E-state index is 0.183. The summed E-state index contributed by atoms with van der Waals surface area (Å²) in [6.45, 7) is 4.36. The van der Waals surface area contributed by atoms with Crippen molar-refractivity contribution < 1.29 is 5.11 Å². The van der Waals surface area contributed by atoms with Gasteiger partial charge in [-0.25, -0.2) is 0 Å². The Kier molecular flexibility index (Phi) is 5.13. The lowest BCUT2D eigenvalue weighted by Gasteiger charge is -2.37. The Morgan fingerprint density at radius 3 is 2.43 bits per heavy atom. The minimum atomic E-state index is 0.183. The number of aliphatic hydroxyl groups is 1. The molecule has 1 heterocycles. The second-order valence-corrected chi connectivity index (χ2v) is 4.97. The monoisotopic (exact) mass is 290 g/mol. The summed E-state index contributed by atoms with van der Waals surface area (Å²) >= 11 is 0. The smallest absolute Gasteiger partial charge is 0.0915 e. The molecular formula is C14H22N6O. The molecule has 0 saturated carbocycles. The third kappa shape index (κ3) is 3.50. The number of nitrogens with zero attached hydrogens (tertiary/aromatic N) is 3. The molecule has 0 spiro atoms. The predicted octanol–water partition coefficient (Wildman–Crippen LogP) is 0.404. The summed E-state index contributed by atoms with van der Waals surface area (Å²) in [5.41, 5.74) is 8.16. The predicted molar refractivity (Wildman–Crippen MR) is 86.6 cm³/mol. The molecule has 0 amide bonds. The van der Waals surface area contributed by atoms with E-state index in [1.165, 1.54) is 4.90 Å². The van der Waals surface area contributed by atoms with Crippen LogP contribution in [0.25, 0.3) is 0 Å². The van der Waals surface area contributed by atoms with Crippen LogP contribution in [0.3, 0.4) is 0 Å². The number of rotatable bonds is 6. The minimum Gasteiger partial charge on any atom is -0.399 e. The van der Waals surface area contributed by atoms with Crippen molar-refractivity contribution in [3.05, 3.63) is 18.2 Å². The first-order valence-electron chi connectivity index (χ1n) is 6.97. The van der Waals surface area contributed by atoms with Crippen LogP contribution >= 0.6 is 0 Å². The highest BCUT2D eigenvalue weighted by Gasteiger charge is 2.20. The van der Waals surface area contributed by atoms with Crippen molar-refractivity contribution in [2.45, 2.75) is 0 Å². The van der Waals surface area contributed by atoms with E-state index >= 15 is 0 Å². The Labute approximate surface area is 124 Å². The van der Waals surface area contributed by atoms with Crippen molar-refractivity contribution in [2.24, 2.45) is 0 Å². The Hall–Kier alpha value is -2.12. The van der Waals surface area contributed by atoms with Gasteiger partial charge in [0, 0.05) is 38.4 Å². The molecule has 1 fully saturated rings. The van der Waals surface area contributed by atoms with Crippen LogP contribution < -0.4 is 15.5 Å². The first-order valence-corrected chi connectivity index (χ1v) is 6.97. The zero-order chi connectivity index (χ0) is 15.2. The Morgan fingerprint density at radius 1 is 1.19 bits per heavy atom. The third-order valence-electron chi connectivity index (χ3n) is 3.69. The van der Waals surface area contributed by atoms with E-state index in [1.807, 2.05) is 12.1 Å². The fourth-order valence-electron chi connectivity index (χ4n) is 2.54. The van der Waals surface area contributed by atoms with Gasteiger partial charge in [0.05, 0.1) is 30.7 Å². The maximum absolute atomic E-state index is 8.99. The van der Waals surface area contributed by atoms with Gasteiger partial charge in [0.2, 0.25) is 0 Å². The summed E-state index contributed by atoms with van der Waals surface area (Å²) in [6, 6.07) is 5.56. The molecule has 1 aromatic rings. The molecule has 2 rings (SSSR count). The summed E-state index contributed by atoms with van der Waals surface area (Å²) in [6.07, 6.45) is 2.21. The molecule has 1 saturated heterocycles. The largest absolute Gasteiger partial charge is 0.399 e. The number of anilines is 3. The average molecular weight is 290 g/mol. The van der Waals surface area contributed by atoms with Crippen molar-refractivity contribution in [3.63, 3.8) is 0 Å². The molecule has 0 unspecified atom stereocenters. The lowest BCUT2D eigenvalue weighted by molar-refractivity contribution is 0.189. The first kappa shape index (κ1) is 15.3. The maximum atomic E-state index is 8.99. The van der Waals surface area contributed by atoms with Crippen LogP contribution in [0.4, 0.5) is 17.1 Å². The average Bonchev–Trinajstić information content (AvgIpc) is 2.50. The van der Waals surface area contributed by atoms with Gasteiger partial charge in [-0.15, -0.1) is 0 Å². The van der Waals surface area contributed by atoms with Crippen LogP contribution in [0, 0.1) is 10.8 Å². The number of hydrogen-bond donors (Lipinski definition) is 4. The van der Waals surface area contributed by atoms with E-state index in [9.17, 15) is 0 Å². The number of aliphatic hydroxyl groups excluding tert-OH is 1. The highest BCUT2D eigenvalue weighted by Crippen LogP contribution is 2.31. The molecule has 0 aromatic heterocycles. The number of benzene rings is 1. The molecule has 0 aliphatic carbocycles. The van der Waals surface area contributed by atoms with E-state index in [0.29, 0.717) is 12.2 Å². The zero-order valence-corrected chi connectivity index (χ0v) is 12.0. The van der Waals surface area contributed by atoms with Crippen molar-refractivity contribution >= 4 is 29.7 Å². The van der Waals surface area contributed by atoms with Gasteiger partial charge >= 0.3 is 0 Å². The van der Waals surface area contributed by atoms with Crippen molar-refractivity contribution in [2.75, 3.05) is 54.9 Å². The molecule has 1 aliphatic heterocycles.